The summed E-state index contributed by atoms with van der Waals surface area (Å²) in [6, 6.07) is 0. The van der Waals surface area contributed by atoms with E-state index in [4.69, 9.17) is 5.11 Å². The van der Waals surface area contributed by atoms with Gasteiger partial charge in [-0.25, -0.2) is 4.79 Å². The first-order valence-electron chi connectivity index (χ1n) is 4.21. The maximum atomic E-state index is 10.5. The van der Waals surface area contributed by atoms with Gasteiger partial charge in [0.2, 0.25) is 0 Å². The molecule has 0 saturated heterocycles. The van der Waals surface area contributed by atoms with Gasteiger partial charge in [-0.3, -0.25) is 0 Å². The first-order valence-corrected chi connectivity index (χ1v) is 4.21. The van der Waals surface area contributed by atoms with Crippen molar-refractivity contribution in [2.24, 2.45) is 0 Å². The van der Waals surface area contributed by atoms with Crippen LogP contribution in [0.15, 0.2) is 24.3 Å². The van der Waals surface area contributed by atoms with Gasteiger partial charge in [-0.2, -0.15) is 0 Å². The van der Waals surface area contributed by atoms with Gasteiger partial charge in [-0.1, -0.05) is 12.2 Å². The minimum atomic E-state index is -0.795. The van der Waals surface area contributed by atoms with E-state index in [9.17, 15) is 4.79 Å². The van der Waals surface area contributed by atoms with Crippen molar-refractivity contribution in [1.82, 2.24) is 0 Å². The molecule has 1 N–H and O–H groups in total. The molecule has 0 aromatic rings. The first kappa shape index (κ1) is 11.0. The van der Waals surface area contributed by atoms with Crippen molar-refractivity contribution in [1.29, 1.82) is 0 Å². The molecule has 0 aromatic carbocycles. The van der Waals surface area contributed by atoms with E-state index in [0.29, 0.717) is 12.0 Å². The van der Waals surface area contributed by atoms with Crippen LogP contribution in [0.4, 0.5) is 0 Å². The second kappa shape index (κ2) is 6.65. The van der Waals surface area contributed by atoms with Gasteiger partial charge in [0.25, 0.3) is 0 Å². The second-order valence-electron chi connectivity index (χ2n) is 2.65. The zero-order valence-electron chi connectivity index (χ0n) is 7.55. The Hall–Kier alpha value is -1.05. The van der Waals surface area contributed by atoms with E-state index < -0.39 is 5.97 Å². The number of allylic oxidation sites excluding steroid dienone is 2. The molecule has 0 heterocycles. The van der Waals surface area contributed by atoms with Gasteiger partial charge in [-0.05, 0) is 32.6 Å². The van der Waals surface area contributed by atoms with Gasteiger partial charge >= 0.3 is 5.97 Å². The molecule has 0 amide bonds. The van der Waals surface area contributed by atoms with Crippen molar-refractivity contribution in [3.8, 4) is 0 Å². The van der Waals surface area contributed by atoms with Crippen LogP contribution < -0.4 is 0 Å². The van der Waals surface area contributed by atoms with Crippen LogP contribution in [-0.2, 0) is 4.79 Å². The number of carboxylic acids is 1. The van der Waals surface area contributed by atoms with Crippen molar-refractivity contribution in [2.75, 3.05) is 0 Å². The number of carboxylic acid groups (broad SMARTS) is 1. The Morgan fingerprint density at radius 3 is 2.58 bits per heavy atom. The lowest BCUT2D eigenvalue weighted by Crippen LogP contribution is -1.99. The van der Waals surface area contributed by atoms with E-state index in [-0.39, 0.29) is 0 Å². The molecule has 0 bridgehead atoms. The Labute approximate surface area is 73.6 Å². The lowest BCUT2D eigenvalue weighted by molar-refractivity contribution is -0.132. The van der Waals surface area contributed by atoms with Crippen molar-refractivity contribution in [3.05, 3.63) is 24.3 Å². The fourth-order valence-electron chi connectivity index (χ4n) is 0.979. The van der Waals surface area contributed by atoms with E-state index in [1.165, 1.54) is 0 Å². The highest BCUT2D eigenvalue weighted by Gasteiger charge is 2.03. The van der Waals surface area contributed by atoms with Crippen LogP contribution >= 0.6 is 0 Å². The number of aliphatic carboxylic acids is 1. The van der Waals surface area contributed by atoms with Gasteiger partial charge in [0.05, 0.1) is 0 Å². The van der Waals surface area contributed by atoms with Crippen LogP contribution in [0, 0.1) is 0 Å². The largest absolute Gasteiger partial charge is 0.478 e. The second-order valence-corrected chi connectivity index (χ2v) is 2.65. The molecule has 0 saturated carbocycles. The maximum Gasteiger partial charge on any atom is 0.331 e. The molecule has 0 rings (SSSR count). The third-order valence-corrected chi connectivity index (χ3v) is 1.73. The summed E-state index contributed by atoms with van der Waals surface area (Å²) in [5.41, 5.74) is 0.513. The summed E-state index contributed by atoms with van der Waals surface area (Å²) in [7, 11) is 0. The van der Waals surface area contributed by atoms with Crippen LogP contribution in [0.1, 0.15) is 32.6 Å². The van der Waals surface area contributed by atoms with Gasteiger partial charge in [0.1, 0.15) is 0 Å². The minimum absolute atomic E-state index is 0.513. The van der Waals surface area contributed by atoms with Crippen LogP contribution in [-0.4, -0.2) is 11.1 Å². The predicted octanol–water partition coefficient (Wildman–Crippen LogP) is 2.76. The average Bonchev–Trinajstić information content (AvgIpc) is 2.04. The molecule has 0 atom stereocenters. The Kier molecular flexibility index (Phi) is 6.07. The fourth-order valence-corrected chi connectivity index (χ4v) is 0.979. The van der Waals surface area contributed by atoms with Gasteiger partial charge in [0, 0.05) is 5.57 Å². The predicted molar refractivity (Wildman–Crippen MR) is 50.1 cm³/mol. The highest BCUT2D eigenvalue weighted by atomic mass is 16.4. The normalized spacial score (nSPS) is 11.2. The topological polar surface area (TPSA) is 37.3 Å². The minimum Gasteiger partial charge on any atom is -0.478 e. The lowest BCUT2D eigenvalue weighted by Gasteiger charge is -1.99. The summed E-state index contributed by atoms with van der Waals surface area (Å²) in [5, 5.41) is 8.64. The van der Waals surface area contributed by atoms with E-state index >= 15 is 0 Å². The van der Waals surface area contributed by atoms with E-state index in [2.05, 4.69) is 6.58 Å². The number of rotatable bonds is 6. The molecule has 2 nitrogen and oxygen atoms in total. The molecule has 12 heavy (non-hydrogen) atoms. The molecule has 0 unspecified atom stereocenters. The van der Waals surface area contributed by atoms with Crippen LogP contribution in [0.25, 0.3) is 0 Å². The first-order chi connectivity index (χ1) is 5.72. The lowest BCUT2D eigenvalue weighted by atomic mass is 10.1. The highest BCUT2D eigenvalue weighted by molar-refractivity contribution is 5.86. The number of carbonyl (C=O) groups is 1. The van der Waals surface area contributed by atoms with Crippen molar-refractivity contribution >= 4 is 5.97 Å². The average molecular weight is 168 g/mol. The molecule has 2 heteroatoms. The van der Waals surface area contributed by atoms with E-state index in [1.54, 1.807) is 13.0 Å². The molecule has 0 aliphatic heterocycles. The zero-order valence-corrected chi connectivity index (χ0v) is 7.55. The summed E-state index contributed by atoms with van der Waals surface area (Å²) in [6.45, 7) is 5.36. The Balaban J connectivity index is 3.60. The summed E-state index contributed by atoms with van der Waals surface area (Å²) in [6.07, 6.45) is 7.11. The Morgan fingerprint density at radius 2 is 2.17 bits per heavy atom. The van der Waals surface area contributed by atoms with E-state index in [1.807, 2.05) is 6.08 Å². The summed E-state index contributed by atoms with van der Waals surface area (Å²) >= 11 is 0. The Morgan fingerprint density at radius 1 is 1.50 bits per heavy atom. The highest BCUT2D eigenvalue weighted by Crippen LogP contribution is 2.08. The van der Waals surface area contributed by atoms with Crippen LogP contribution in [0.3, 0.4) is 0 Å². The number of hydrogen-bond acceptors (Lipinski definition) is 1. The third kappa shape index (κ3) is 4.72. The van der Waals surface area contributed by atoms with E-state index in [0.717, 1.165) is 19.3 Å². The Bertz CT molecular complexity index is 180. The third-order valence-electron chi connectivity index (χ3n) is 1.73. The fraction of sp³-hybridized carbons (Fsp3) is 0.500. The monoisotopic (exact) mass is 168 g/mol. The molecule has 68 valence electrons. The smallest absolute Gasteiger partial charge is 0.331 e. The molecule has 0 aromatic heterocycles. The molecule has 0 spiro atoms. The molecule has 0 aliphatic rings. The van der Waals surface area contributed by atoms with Crippen molar-refractivity contribution < 1.29 is 9.90 Å². The van der Waals surface area contributed by atoms with Gasteiger partial charge < -0.3 is 5.11 Å². The number of hydrogen-bond donors (Lipinski definition) is 1. The SMILES string of the molecule is C=CCCCCC(=CC)C(=O)O. The molecule has 0 aliphatic carbocycles. The zero-order chi connectivity index (χ0) is 9.40. The quantitative estimate of drug-likeness (QED) is 0.376. The summed E-state index contributed by atoms with van der Waals surface area (Å²) < 4.78 is 0. The molecule has 0 fully saturated rings. The number of unbranched alkanes of at least 4 members (excludes halogenated alkanes) is 2. The standard InChI is InChI=1S/C10H16O2/c1-3-5-6-7-8-9(4-2)10(11)12/h3-4H,1,5-8H2,2H3,(H,11,12). The van der Waals surface area contributed by atoms with Crippen molar-refractivity contribution in [2.45, 2.75) is 32.6 Å². The molecule has 0 radical (unpaired) electrons. The molecular formula is C10H16O2. The van der Waals surface area contributed by atoms with Gasteiger partial charge in [-0.15, -0.1) is 6.58 Å². The summed E-state index contributed by atoms with van der Waals surface area (Å²) in [4.78, 5) is 10.5. The van der Waals surface area contributed by atoms with Crippen molar-refractivity contribution in [3.63, 3.8) is 0 Å². The van der Waals surface area contributed by atoms with Crippen LogP contribution in [0.2, 0.25) is 0 Å². The maximum absolute atomic E-state index is 10.5. The van der Waals surface area contributed by atoms with Crippen LogP contribution in [0.5, 0.6) is 0 Å². The van der Waals surface area contributed by atoms with Gasteiger partial charge in [0.15, 0.2) is 0 Å². The molecular weight excluding hydrogens is 152 g/mol. The summed E-state index contributed by atoms with van der Waals surface area (Å²) in [5.74, 6) is -0.795.